The summed E-state index contributed by atoms with van der Waals surface area (Å²) in [6.07, 6.45) is 1.63. The number of hydrogen-bond donors (Lipinski definition) is 1. The molecule has 1 heterocycles. The highest BCUT2D eigenvalue weighted by atomic mass is 16.5. The minimum atomic E-state index is -0.266. The first-order valence-corrected chi connectivity index (χ1v) is 5.33. The van der Waals surface area contributed by atoms with Crippen LogP contribution >= 0.6 is 0 Å². The zero-order chi connectivity index (χ0) is 12.3. The summed E-state index contributed by atoms with van der Waals surface area (Å²) in [5.74, 6) is 0.614. The molecule has 1 aromatic heterocycles. The van der Waals surface area contributed by atoms with Crippen molar-refractivity contribution in [2.24, 2.45) is 0 Å². The van der Waals surface area contributed by atoms with E-state index in [9.17, 15) is 4.79 Å². The highest BCUT2D eigenvalue weighted by Gasteiger charge is 2.08. The van der Waals surface area contributed by atoms with Gasteiger partial charge in [0.2, 0.25) is 5.82 Å². The number of hydrogen-bond acceptors (Lipinski definition) is 4. The number of nitrogens with one attached hydrogen (secondary N) is 1. The Labute approximate surface area is 98.8 Å². The summed E-state index contributed by atoms with van der Waals surface area (Å²) in [7, 11) is 1.59. The van der Waals surface area contributed by atoms with Gasteiger partial charge in [-0.3, -0.25) is 4.79 Å². The van der Waals surface area contributed by atoms with Crippen molar-refractivity contribution < 1.29 is 9.53 Å². The van der Waals surface area contributed by atoms with Crippen molar-refractivity contribution in [3.05, 3.63) is 30.2 Å². The summed E-state index contributed by atoms with van der Waals surface area (Å²) in [5.41, 5.74) is 0.695. The van der Waals surface area contributed by atoms with E-state index in [0.29, 0.717) is 17.8 Å². The molecule has 5 nitrogen and oxygen atoms in total. The van der Waals surface area contributed by atoms with E-state index in [4.69, 9.17) is 4.74 Å². The monoisotopic (exact) mass is 231 g/mol. The molecule has 0 bridgehead atoms. The van der Waals surface area contributed by atoms with Crippen molar-refractivity contribution in [1.29, 1.82) is 0 Å². The molecule has 0 aliphatic heterocycles. The van der Waals surface area contributed by atoms with Gasteiger partial charge in [-0.2, -0.15) is 0 Å². The van der Waals surface area contributed by atoms with Crippen LogP contribution in [0.2, 0.25) is 0 Å². The van der Waals surface area contributed by atoms with E-state index >= 15 is 0 Å². The van der Waals surface area contributed by atoms with E-state index in [1.807, 2.05) is 19.1 Å². The maximum atomic E-state index is 11.6. The molecule has 1 amide bonds. The molecule has 0 radical (unpaired) electrons. The second kappa shape index (κ2) is 4.78. The van der Waals surface area contributed by atoms with Crippen molar-refractivity contribution in [2.75, 3.05) is 13.7 Å². The summed E-state index contributed by atoms with van der Waals surface area (Å²) in [6.45, 7) is 2.40. The molecule has 0 unspecified atom stereocenters. The predicted molar refractivity (Wildman–Crippen MR) is 64.1 cm³/mol. The van der Waals surface area contributed by atoms with Crippen molar-refractivity contribution in [2.45, 2.75) is 6.92 Å². The van der Waals surface area contributed by atoms with Gasteiger partial charge in [-0.05, 0) is 19.1 Å². The Morgan fingerprint density at radius 3 is 3.00 bits per heavy atom. The zero-order valence-electron chi connectivity index (χ0n) is 9.73. The molecular formula is C12H13N3O2. The average molecular weight is 231 g/mol. The van der Waals surface area contributed by atoms with E-state index in [1.165, 1.54) is 0 Å². The lowest BCUT2D eigenvalue weighted by Gasteiger charge is -2.04. The van der Waals surface area contributed by atoms with Crippen LogP contribution in [-0.4, -0.2) is 29.5 Å². The lowest BCUT2D eigenvalue weighted by atomic mass is 10.2. The van der Waals surface area contributed by atoms with Gasteiger partial charge in [0.25, 0.3) is 5.91 Å². The summed E-state index contributed by atoms with van der Waals surface area (Å²) in [4.78, 5) is 19.8. The molecule has 0 saturated carbocycles. The van der Waals surface area contributed by atoms with Crippen molar-refractivity contribution >= 4 is 16.8 Å². The minimum absolute atomic E-state index is 0.174. The lowest BCUT2D eigenvalue weighted by molar-refractivity contribution is 0.0946. The largest absolute Gasteiger partial charge is 0.497 e. The standard InChI is InChI=1S/C12H13N3O2/c1-3-13-12(16)11-14-7-8-4-5-9(17-2)6-10(8)15-11/h4-7H,3H2,1-2H3,(H,13,16). The molecule has 2 rings (SSSR count). The van der Waals surface area contributed by atoms with Gasteiger partial charge in [0.15, 0.2) is 0 Å². The van der Waals surface area contributed by atoms with E-state index in [-0.39, 0.29) is 11.7 Å². The summed E-state index contributed by atoms with van der Waals surface area (Å²) in [5, 5.41) is 3.53. The first kappa shape index (κ1) is 11.3. The van der Waals surface area contributed by atoms with Crippen molar-refractivity contribution in [3.63, 3.8) is 0 Å². The molecule has 1 aromatic carbocycles. The van der Waals surface area contributed by atoms with Gasteiger partial charge >= 0.3 is 0 Å². The molecule has 0 saturated heterocycles. The Hall–Kier alpha value is -2.17. The number of methoxy groups -OCH3 is 1. The fraction of sp³-hybridized carbons (Fsp3) is 0.250. The molecule has 5 heteroatoms. The number of rotatable bonds is 3. The molecule has 88 valence electrons. The maximum absolute atomic E-state index is 11.6. The summed E-state index contributed by atoms with van der Waals surface area (Å²) >= 11 is 0. The Morgan fingerprint density at radius 1 is 1.47 bits per heavy atom. The van der Waals surface area contributed by atoms with Gasteiger partial charge in [-0.25, -0.2) is 9.97 Å². The van der Waals surface area contributed by atoms with Crippen LogP contribution in [0.15, 0.2) is 24.4 Å². The van der Waals surface area contributed by atoms with Crippen molar-refractivity contribution in [1.82, 2.24) is 15.3 Å². The lowest BCUT2D eigenvalue weighted by Crippen LogP contribution is -2.24. The second-order valence-corrected chi connectivity index (χ2v) is 3.48. The second-order valence-electron chi connectivity index (χ2n) is 3.48. The Bertz CT molecular complexity index is 554. The third-order valence-electron chi connectivity index (χ3n) is 2.33. The molecular weight excluding hydrogens is 218 g/mol. The Morgan fingerprint density at radius 2 is 2.29 bits per heavy atom. The maximum Gasteiger partial charge on any atom is 0.289 e. The number of benzene rings is 1. The van der Waals surface area contributed by atoms with Gasteiger partial charge in [0, 0.05) is 24.2 Å². The normalized spacial score (nSPS) is 10.2. The van der Waals surface area contributed by atoms with Crippen molar-refractivity contribution in [3.8, 4) is 5.75 Å². The van der Waals surface area contributed by atoms with E-state index < -0.39 is 0 Å². The van der Waals surface area contributed by atoms with Gasteiger partial charge < -0.3 is 10.1 Å². The molecule has 2 aromatic rings. The third-order valence-corrected chi connectivity index (χ3v) is 2.33. The van der Waals surface area contributed by atoms with Crippen LogP contribution in [0.3, 0.4) is 0 Å². The van der Waals surface area contributed by atoms with Gasteiger partial charge in [-0.1, -0.05) is 0 Å². The van der Waals surface area contributed by atoms with E-state index in [1.54, 1.807) is 19.4 Å². The molecule has 0 spiro atoms. The fourth-order valence-corrected chi connectivity index (χ4v) is 1.48. The van der Waals surface area contributed by atoms with Crippen LogP contribution in [-0.2, 0) is 0 Å². The third kappa shape index (κ3) is 2.33. The molecule has 0 fully saturated rings. The molecule has 0 aliphatic carbocycles. The molecule has 0 atom stereocenters. The quantitative estimate of drug-likeness (QED) is 0.867. The first-order chi connectivity index (χ1) is 8.24. The zero-order valence-corrected chi connectivity index (χ0v) is 9.73. The summed E-state index contributed by atoms with van der Waals surface area (Å²) < 4.78 is 5.11. The number of aromatic nitrogens is 2. The Balaban J connectivity index is 2.44. The Kier molecular flexibility index (Phi) is 3.18. The SMILES string of the molecule is CCNC(=O)c1ncc2ccc(OC)cc2n1. The molecule has 1 N–H and O–H groups in total. The summed E-state index contributed by atoms with van der Waals surface area (Å²) in [6, 6.07) is 5.47. The van der Waals surface area contributed by atoms with Crippen LogP contribution in [0.1, 0.15) is 17.5 Å². The fourth-order valence-electron chi connectivity index (χ4n) is 1.48. The van der Waals surface area contributed by atoms with Gasteiger partial charge in [-0.15, -0.1) is 0 Å². The highest BCUT2D eigenvalue weighted by molar-refractivity contribution is 5.92. The van der Waals surface area contributed by atoms with Crippen LogP contribution < -0.4 is 10.1 Å². The molecule has 17 heavy (non-hydrogen) atoms. The predicted octanol–water partition coefficient (Wildman–Crippen LogP) is 1.39. The van der Waals surface area contributed by atoms with Gasteiger partial charge in [0.05, 0.1) is 12.6 Å². The number of carbonyl (C=O) groups excluding carboxylic acids is 1. The number of ether oxygens (including phenoxy) is 1. The van der Waals surface area contributed by atoms with Crippen LogP contribution in [0, 0.1) is 0 Å². The van der Waals surface area contributed by atoms with Crippen LogP contribution in [0.25, 0.3) is 10.9 Å². The number of fused-ring (bicyclic) bond motifs is 1. The number of carbonyl (C=O) groups is 1. The molecule has 0 aliphatic rings. The topological polar surface area (TPSA) is 64.1 Å². The average Bonchev–Trinajstić information content (AvgIpc) is 2.37. The minimum Gasteiger partial charge on any atom is -0.497 e. The number of amides is 1. The highest BCUT2D eigenvalue weighted by Crippen LogP contribution is 2.18. The van der Waals surface area contributed by atoms with Crippen LogP contribution in [0.4, 0.5) is 0 Å². The van der Waals surface area contributed by atoms with E-state index in [2.05, 4.69) is 15.3 Å². The first-order valence-electron chi connectivity index (χ1n) is 5.33. The van der Waals surface area contributed by atoms with E-state index in [0.717, 1.165) is 5.39 Å². The van der Waals surface area contributed by atoms with Crippen LogP contribution in [0.5, 0.6) is 5.75 Å². The smallest absolute Gasteiger partial charge is 0.289 e. The number of nitrogens with zero attached hydrogens (tertiary/aromatic N) is 2. The van der Waals surface area contributed by atoms with Gasteiger partial charge in [0.1, 0.15) is 5.75 Å².